The molecule has 1 aromatic heterocycles. The van der Waals surface area contributed by atoms with E-state index in [1.54, 1.807) is 36.5 Å². The first kappa shape index (κ1) is 13.7. The average Bonchev–Trinajstić information content (AvgIpc) is 2.55. The number of hydrogen-bond acceptors (Lipinski definition) is 5. The van der Waals surface area contributed by atoms with E-state index in [2.05, 4.69) is 15.2 Å². The molecule has 0 atom stereocenters. The Labute approximate surface area is 125 Å². The average molecular weight is 293 g/mol. The van der Waals surface area contributed by atoms with Gasteiger partial charge in [0.05, 0.1) is 16.9 Å². The summed E-state index contributed by atoms with van der Waals surface area (Å²) in [5, 5.41) is 27.5. The summed E-state index contributed by atoms with van der Waals surface area (Å²) in [6.07, 6.45) is 1.59. The largest absolute Gasteiger partial charge is 0.506 e. The number of aromatic hydroxyl groups is 1. The van der Waals surface area contributed by atoms with Gasteiger partial charge in [0, 0.05) is 11.6 Å². The number of aromatic carboxylic acids is 1. The second-order valence-electron chi connectivity index (χ2n) is 4.56. The Balaban J connectivity index is 1.96. The van der Waals surface area contributed by atoms with E-state index >= 15 is 0 Å². The number of nitrogens with zero attached hydrogens (tertiary/aromatic N) is 3. The number of carboxylic acid groups (broad SMARTS) is 1. The Morgan fingerprint density at radius 3 is 2.50 bits per heavy atom. The molecule has 0 aliphatic rings. The highest BCUT2D eigenvalue weighted by Gasteiger charge is 2.05. The number of hydrogen-bond donors (Lipinski definition) is 2. The lowest BCUT2D eigenvalue weighted by molar-refractivity contribution is 0.0697. The summed E-state index contributed by atoms with van der Waals surface area (Å²) in [4.78, 5) is 14.9. The second kappa shape index (κ2) is 5.61. The van der Waals surface area contributed by atoms with Gasteiger partial charge in [-0.1, -0.05) is 0 Å². The van der Waals surface area contributed by atoms with Crippen LogP contribution in [0.4, 0.5) is 11.4 Å². The summed E-state index contributed by atoms with van der Waals surface area (Å²) >= 11 is 0. The molecule has 0 saturated carbocycles. The van der Waals surface area contributed by atoms with E-state index in [4.69, 9.17) is 5.11 Å². The third-order valence-corrected chi connectivity index (χ3v) is 3.11. The molecule has 0 saturated heterocycles. The van der Waals surface area contributed by atoms with Crippen molar-refractivity contribution in [2.75, 3.05) is 0 Å². The molecule has 3 rings (SSSR count). The summed E-state index contributed by atoms with van der Waals surface area (Å²) in [5.74, 6) is -0.903. The van der Waals surface area contributed by atoms with Gasteiger partial charge in [-0.3, -0.25) is 4.98 Å². The predicted octanol–water partition coefficient (Wildman–Crippen LogP) is 4.05. The number of carbonyl (C=O) groups is 1. The highest BCUT2D eigenvalue weighted by Crippen LogP contribution is 2.31. The number of rotatable bonds is 3. The van der Waals surface area contributed by atoms with Crippen LogP contribution in [0.15, 0.2) is 65.0 Å². The second-order valence-corrected chi connectivity index (χ2v) is 4.56. The molecule has 0 aliphatic carbocycles. The highest BCUT2D eigenvalue weighted by atomic mass is 16.4. The van der Waals surface area contributed by atoms with E-state index in [1.807, 2.05) is 0 Å². The van der Waals surface area contributed by atoms with Crippen LogP contribution in [-0.4, -0.2) is 21.2 Å². The summed E-state index contributed by atoms with van der Waals surface area (Å²) in [6, 6.07) is 12.8. The van der Waals surface area contributed by atoms with Gasteiger partial charge >= 0.3 is 5.97 Å². The smallest absolute Gasteiger partial charge is 0.335 e. The number of pyridine rings is 1. The van der Waals surface area contributed by atoms with Gasteiger partial charge < -0.3 is 10.2 Å². The highest BCUT2D eigenvalue weighted by molar-refractivity contribution is 5.93. The van der Waals surface area contributed by atoms with E-state index in [1.165, 1.54) is 18.2 Å². The van der Waals surface area contributed by atoms with Crippen LogP contribution < -0.4 is 0 Å². The third kappa shape index (κ3) is 2.62. The SMILES string of the molecule is O=C(O)c1ccc(N=Nc2ccc(O)c3ncccc23)cc1. The zero-order valence-corrected chi connectivity index (χ0v) is 11.3. The van der Waals surface area contributed by atoms with Crippen molar-refractivity contribution in [2.24, 2.45) is 10.2 Å². The molecular weight excluding hydrogens is 282 g/mol. The topological polar surface area (TPSA) is 95.1 Å². The number of carboxylic acids is 1. The Kier molecular flexibility index (Phi) is 3.49. The van der Waals surface area contributed by atoms with Crippen molar-refractivity contribution in [3.8, 4) is 5.75 Å². The fourth-order valence-electron chi connectivity index (χ4n) is 2.01. The van der Waals surface area contributed by atoms with Gasteiger partial charge in [-0.2, -0.15) is 5.11 Å². The van der Waals surface area contributed by atoms with Crippen LogP contribution in [0.2, 0.25) is 0 Å². The Morgan fingerprint density at radius 1 is 1.00 bits per heavy atom. The monoisotopic (exact) mass is 293 g/mol. The van der Waals surface area contributed by atoms with E-state index in [0.29, 0.717) is 22.3 Å². The number of fused-ring (bicyclic) bond motifs is 1. The van der Waals surface area contributed by atoms with Crippen molar-refractivity contribution >= 4 is 28.2 Å². The van der Waals surface area contributed by atoms with Gasteiger partial charge in [-0.25, -0.2) is 4.79 Å². The lowest BCUT2D eigenvalue weighted by atomic mass is 10.2. The molecule has 6 heteroatoms. The summed E-state index contributed by atoms with van der Waals surface area (Å²) < 4.78 is 0. The van der Waals surface area contributed by atoms with Crippen molar-refractivity contribution in [1.29, 1.82) is 0 Å². The van der Waals surface area contributed by atoms with E-state index in [-0.39, 0.29) is 11.3 Å². The molecule has 108 valence electrons. The van der Waals surface area contributed by atoms with Crippen molar-refractivity contribution in [1.82, 2.24) is 4.98 Å². The predicted molar refractivity (Wildman–Crippen MR) is 81.0 cm³/mol. The minimum atomic E-state index is -0.987. The summed E-state index contributed by atoms with van der Waals surface area (Å²) in [7, 11) is 0. The molecule has 0 fully saturated rings. The molecule has 1 heterocycles. The van der Waals surface area contributed by atoms with Gasteiger partial charge in [-0.05, 0) is 48.5 Å². The number of phenols is 1. The fraction of sp³-hybridized carbons (Fsp3) is 0. The molecule has 0 radical (unpaired) electrons. The molecule has 0 aliphatic heterocycles. The first-order chi connectivity index (χ1) is 10.6. The standard InChI is InChI=1S/C16H11N3O3/c20-14-8-7-13(12-2-1-9-17-15(12)14)19-18-11-5-3-10(4-6-11)16(21)22/h1-9,20H,(H,21,22). The summed E-state index contributed by atoms with van der Waals surface area (Å²) in [5.41, 5.74) is 1.76. The molecular formula is C16H11N3O3. The van der Waals surface area contributed by atoms with Crippen molar-refractivity contribution in [2.45, 2.75) is 0 Å². The minimum Gasteiger partial charge on any atom is -0.506 e. The molecule has 2 aromatic carbocycles. The van der Waals surface area contributed by atoms with Crippen LogP contribution in [0.3, 0.4) is 0 Å². The van der Waals surface area contributed by atoms with Gasteiger partial charge in [0.2, 0.25) is 0 Å². The number of phenolic OH excluding ortho intramolecular Hbond substituents is 1. The first-order valence-corrected chi connectivity index (χ1v) is 6.47. The molecule has 0 bridgehead atoms. The fourth-order valence-corrected chi connectivity index (χ4v) is 2.01. The maximum atomic E-state index is 10.8. The van der Waals surface area contributed by atoms with Gasteiger partial charge in [0.15, 0.2) is 0 Å². The lowest BCUT2D eigenvalue weighted by Crippen LogP contribution is -1.93. The molecule has 0 unspecified atom stereocenters. The Bertz CT molecular complexity index is 873. The molecule has 2 N–H and O–H groups in total. The van der Waals surface area contributed by atoms with Gasteiger partial charge in [0.1, 0.15) is 11.3 Å². The number of aromatic nitrogens is 1. The molecule has 0 spiro atoms. The molecule has 0 amide bonds. The minimum absolute atomic E-state index is 0.0837. The number of azo groups is 1. The Morgan fingerprint density at radius 2 is 1.77 bits per heavy atom. The van der Waals surface area contributed by atoms with E-state index < -0.39 is 5.97 Å². The van der Waals surface area contributed by atoms with Crippen LogP contribution in [0.25, 0.3) is 10.9 Å². The maximum absolute atomic E-state index is 10.8. The van der Waals surface area contributed by atoms with Gasteiger partial charge in [0.25, 0.3) is 0 Å². The molecule has 22 heavy (non-hydrogen) atoms. The van der Waals surface area contributed by atoms with Crippen molar-refractivity contribution < 1.29 is 15.0 Å². The van der Waals surface area contributed by atoms with E-state index in [9.17, 15) is 9.90 Å². The third-order valence-electron chi connectivity index (χ3n) is 3.11. The van der Waals surface area contributed by atoms with Crippen LogP contribution in [0, 0.1) is 0 Å². The molecule has 3 aromatic rings. The first-order valence-electron chi connectivity index (χ1n) is 6.47. The van der Waals surface area contributed by atoms with Gasteiger partial charge in [-0.15, -0.1) is 5.11 Å². The normalized spacial score (nSPS) is 11.1. The Hall–Kier alpha value is -3.28. The van der Waals surface area contributed by atoms with Crippen LogP contribution in [0.1, 0.15) is 10.4 Å². The quantitative estimate of drug-likeness (QED) is 0.712. The molecule has 6 nitrogen and oxygen atoms in total. The lowest BCUT2D eigenvalue weighted by Gasteiger charge is -2.02. The van der Waals surface area contributed by atoms with Crippen molar-refractivity contribution in [3.63, 3.8) is 0 Å². The maximum Gasteiger partial charge on any atom is 0.335 e. The van der Waals surface area contributed by atoms with Crippen LogP contribution in [0.5, 0.6) is 5.75 Å². The zero-order chi connectivity index (χ0) is 15.5. The zero-order valence-electron chi connectivity index (χ0n) is 11.3. The van der Waals surface area contributed by atoms with E-state index in [0.717, 1.165) is 0 Å². The van der Waals surface area contributed by atoms with Crippen LogP contribution in [-0.2, 0) is 0 Å². The van der Waals surface area contributed by atoms with Crippen molar-refractivity contribution in [3.05, 3.63) is 60.3 Å². The number of benzene rings is 2. The summed E-state index contributed by atoms with van der Waals surface area (Å²) in [6.45, 7) is 0. The van der Waals surface area contributed by atoms with Crippen LogP contribution >= 0.6 is 0 Å².